The Bertz CT molecular complexity index is 1260. The summed E-state index contributed by atoms with van der Waals surface area (Å²) in [6, 6.07) is 13.9. The lowest BCUT2D eigenvalue weighted by Crippen LogP contribution is -2.33. The summed E-state index contributed by atoms with van der Waals surface area (Å²) >= 11 is 0. The van der Waals surface area contributed by atoms with Gasteiger partial charge in [0.15, 0.2) is 0 Å². The summed E-state index contributed by atoms with van der Waals surface area (Å²) in [4.78, 5) is 37.8. The van der Waals surface area contributed by atoms with Crippen LogP contribution in [0.4, 0.5) is 0 Å². The fourth-order valence-corrected chi connectivity index (χ4v) is 3.38. The Balaban J connectivity index is 1.52. The Labute approximate surface area is 185 Å². The second kappa shape index (κ2) is 9.30. The third kappa shape index (κ3) is 4.92. The number of benzene rings is 2. The monoisotopic (exact) mass is 429 g/mol. The van der Waals surface area contributed by atoms with Crippen molar-refractivity contribution in [1.82, 2.24) is 20.2 Å². The number of carbonyl (C=O) groups excluding carboxylic acids is 1. The normalized spacial score (nSPS) is 12.7. The van der Waals surface area contributed by atoms with Crippen LogP contribution in [0.5, 0.6) is 5.75 Å². The van der Waals surface area contributed by atoms with E-state index in [0.717, 1.165) is 5.56 Å². The summed E-state index contributed by atoms with van der Waals surface area (Å²) in [6.07, 6.45) is 5.54. The zero-order valence-corrected chi connectivity index (χ0v) is 17.6. The summed E-state index contributed by atoms with van der Waals surface area (Å²) < 4.78 is 0. The zero-order valence-electron chi connectivity index (χ0n) is 17.6. The van der Waals surface area contributed by atoms with Gasteiger partial charge >= 0.3 is 5.69 Å². The molecule has 8 heteroatoms. The number of aryl methyl sites for hydroxylation is 1. The molecule has 0 atom stereocenters. The molecule has 1 aromatic heterocycles. The minimum absolute atomic E-state index is 0.188. The molecule has 8 nitrogen and oxygen atoms in total. The maximum Gasteiger partial charge on any atom is 0.345 e. The van der Waals surface area contributed by atoms with Crippen molar-refractivity contribution in [2.75, 3.05) is 19.8 Å². The molecule has 162 valence electrons. The maximum atomic E-state index is 12.6. The quantitative estimate of drug-likeness (QED) is 0.558. The van der Waals surface area contributed by atoms with Crippen LogP contribution in [0.15, 0.2) is 70.6 Å². The standard InChI is InChI=1S/C24H23N5O3/c1-16-12-18(6-7-22(16)30)21-14-20(27-24(32)28-21)17-4-2-5-19(13-17)23(31)26-9-11-29-10-3-8-25-15-29/h2-8,10,12-14,30H,9,11,15H2,1H3,(H,26,31)(H,27,28,32). The minimum atomic E-state index is -0.490. The molecule has 0 unspecified atom stereocenters. The summed E-state index contributed by atoms with van der Waals surface area (Å²) in [6.45, 7) is 3.51. The second-order valence-electron chi connectivity index (χ2n) is 7.45. The van der Waals surface area contributed by atoms with E-state index in [4.69, 9.17) is 0 Å². The van der Waals surface area contributed by atoms with Gasteiger partial charge in [0.05, 0.1) is 11.4 Å². The lowest BCUT2D eigenvalue weighted by atomic mass is 10.0. The topological polar surface area (TPSA) is 111 Å². The van der Waals surface area contributed by atoms with Crippen LogP contribution in [-0.4, -0.2) is 51.9 Å². The van der Waals surface area contributed by atoms with Crippen LogP contribution in [0.1, 0.15) is 15.9 Å². The van der Waals surface area contributed by atoms with E-state index in [0.29, 0.717) is 47.8 Å². The number of nitrogens with one attached hydrogen (secondary N) is 2. The van der Waals surface area contributed by atoms with E-state index in [1.165, 1.54) is 0 Å². The summed E-state index contributed by atoms with van der Waals surface area (Å²) in [5.74, 6) is -0.0105. The predicted molar refractivity (Wildman–Crippen MR) is 124 cm³/mol. The molecule has 1 aliphatic rings. The number of hydrogen-bond acceptors (Lipinski definition) is 6. The average Bonchev–Trinajstić information content (AvgIpc) is 2.81. The largest absolute Gasteiger partial charge is 0.508 e. The molecule has 0 radical (unpaired) electrons. The fraction of sp³-hybridized carbons (Fsp3) is 0.167. The molecule has 1 aliphatic heterocycles. The highest BCUT2D eigenvalue weighted by Gasteiger charge is 2.11. The van der Waals surface area contributed by atoms with Gasteiger partial charge in [-0.2, -0.15) is 4.98 Å². The van der Waals surface area contributed by atoms with Gasteiger partial charge in [-0.3, -0.25) is 9.79 Å². The number of H-pyrrole nitrogens is 1. The number of aromatic amines is 1. The molecular formula is C24H23N5O3. The number of phenols is 1. The van der Waals surface area contributed by atoms with Crippen molar-refractivity contribution in [2.24, 2.45) is 4.99 Å². The van der Waals surface area contributed by atoms with E-state index in [9.17, 15) is 14.7 Å². The molecule has 3 aromatic rings. The fourth-order valence-electron chi connectivity index (χ4n) is 3.38. The van der Waals surface area contributed by atoms with Crippen LogP contribution in [0.2, 0.25) is 0 Å². The SMILES string of the molecule is Cc1cc(-c2cc(-c3cccc(C(=O)NCCN4C=CC=NC4)c3)nc(=O)[nH]2)ccc1O. The number of phenolic OH excluding ortho intramolecular Hbond substituents is 1. The molecule has 4 rings (SSSR count). The zero-order chi connectivity index (χ0) is 22.5. The summed E-state index contributed by atoms with van der Waals surface area (Å²) in [7, 11) is 0. The number of carbonyl (C=O) groups is 1. The van der Waals surface area contributed by atoms with E-state index in [1.54, 1.807) is 61.7 Å². The van der Waals surface area contributed by atoms with Crippen LogP contribution in [0.3, 0.4) is 0 Å². The van der Waals surface area contributed by atoms with Gasteiger partial charge in [0.25, 0.3) is 5.91 Å². The Morgan fingerprint density at radius 2 is 2.06 bits per heavy atom. The maximum absolute atomic E-state index is 12.6. The van der Waals surface area contributed by atoms with Crippen LogP contribution in [0, 0.1) is 6.92 Å². The molecule has 2 heterocycles. The number of rotatable bonds is 6. The Kier molecular flexibility index (Phi) is 6.12. The number of hydrogen-bond donors (Lipinski definition) is 3. The van der Waals surface area contributed by atoms with E-state index in [1.807, 2.05) is 17.2 Å². The molecule has 0 saturated heterocycles. The van der Waals surface area contributed by atoms with E-state index in [-0.39, 0.29) is 11.7 Å². The van der Waals surface area contributed by atoms with Crippen LogP contribution < -0.4 is 11.0 Å². The molecule has 1 amide bonds. The van der Waals surface area contributed by atoms with Crippen LogP contribution in [-0.2, 0) is 0 Å². The highest BCUT2D eigenvalue weighted by atomic mass is 16.3. The van der Waals surface area contributed by atoms with Crippen molar-refractivity contribution in [2.45, 2.75) is 6.92 Å². The average molecular weight is 429 g/mol. The first-order valence-electron chi connectivity index (χ1n) is 10.2. The highest BCUT2D eigenvalue weighted by molar-refractivity contribution is 5.95. The molecular weight excluding hydrogens is 406 g/mol. The van der Waals surface area contributed by atoms with Crippen molar-refractivity contribution >= 4 is 12.1 Å². The summed E-state index contributed by atoms with van der Waals surface area (Å²) in [5, 5.41) is 12.7. The lowest BCUT2D eigenvalue weighted by Gasteiger charge is -2.19. The number of nitrogens with zero attached hydrogens (tertiary/aromatic N) is 3. The number of amides is 1. The lowest BCUT2D eigenvalue weighted by molar-refractivity contribution is 0.0951. The molecule has 0 fully saturated rings. The first-order valence-corrected chi connectivity index (χ1v) is 10.2. The van der Waals surface area contributed by atoms with Gasteiger partial charge in [-0.05, 0) is 60.5 Å². The van der Waals surface area contributed by atoms with E-state index >= 15 is 0 Å². The Morgan fingerprint density at radius 1 is 1.19 bits per heavy atom. The summed E-state index contributed by atoms with van der Waals surface area (Å²) in [5.41, 5.74) is 3.15. The van der Waals surface area contributed by atoms with Crippen LogP contribution >= 0.6 is 0 Å². The number of aliphatic imine (C=N–C) groups is 1. The second-order valence-corrected chi connectivity index (χ2v) is 7.45. The predicted octanol–water partition coefficient (Wildman–Crippen LogP) is 2.71. The van der Waals surface area contributed by atoms with Crippen molar-refractivity contribution in [1.29, 1.82) is 0 Å². The van der Waals surface area contributed by atoms with Gasteiger partial charge in [0.1, 0.15) is 12.4 Å². The smallest absolute Gasteiger partial charge is 0.345 e. The van der Waals surface area contributed by atoms with Crippen LogP contribution in [0.25, 0.3) is 22.5 Å². The molecule has 3 N–H and O–H groups in total. The minimum Gasteiger partial charge on any atom is -0.508 e. The van der Waals surface area contributed by atoms with Gasteiger partial charge in [-0.15, -0.1) is 0 Å². The molecule has 0 saturated carbocycles. The number of allylic oxidation sites excluding steroid dienone is 1. The van der Waals surface area contributed by atoms with Crippen molar-refractivity contribution < 1.29 is 9.90 Å². The van der Waals surface area contributed by atoms with E-state index < -0.39 is 5.69 Å². The number of aromatic nitrogens is 2. The molecule has 0 bridgehead atoms. The Morgan fingerprint density at radius 3 is 2.84 bits per heavy atom. The van der Waals surface area contributed by atoms with Gasteiger partial charge in [-0.25, -0.2) is 4.79 Å². The Hall–Kier alpha value is -4.20. The van der Waals surface area contributed by atoms with Crippen molar-refractivity contribution in [3.05, 3.63) is 82.4 Å². The van der Waals surface area contributed by atoms with Gasteiger partial charge in [0.2, 0.25) is 0 Å². The first-order chi connectivity index (χ1) is 15.5. The first kappa shape index (κ1) is 21.0. The molecule has 0 spiro atoms. The molecule has 2 aromatic carbocycles. The van der Waals surface area contributed by atoms with Crippen molar-refractivity contribution in [3.63, 3.8) is 0 Å². The molecule has 32 heavy (non-hydrogen) atoms. The van der Waals surface area contributed by atoms with Crippen molar-refractivity contribution in [3.8, 4) is 28.3 Å². The van der Waals surface area contributed by atoms with E-state index in [2.05, 4.69) is 20.3 Å². The number of aromatic hydroxyl groups is 1. The van der Waals surface area contributed by atoms with Gasteiger partial charge in [-0.1, -0.05) is 12.1 Å². The third-order valence-corrected chi connectivity index (χ3v) is 5.11. The third-order valence-electron chi connectivity index (χ3n) is 5.11. The van der Waals surface area contributed by atoms with Gasteiger partial charge < -0.3 is 20.3 Å². The van der Waals surface area contributed by atoms with Gasteiger partial charge in [0, 0.05) is 36.6 Å². The molecule has 0 aliphatic carbocycles. The highest BCUT2D eigenvalue weighted by Crippen LogP contribution is 2.26.